The quantitative estimate of drug-likeness (QED) is 0.860. The molecule has 0 aliphatic rings. The highest BCUT2D eigenvalue weighted by molar-refractivity contribution is 9.10. The maximum atomic E-state index is 13.3. The van der Waals surface area contributed by atoms with Crippen LogP contribution in [0.15, 0.2) is 16.6 Å². The Hall–Kier alpha value is -0.610. The van der Waals surface area contributed by atoms with E-state index in [9.17, 15) is 9.50 Å². The summed E-state index contributed by atoms with van der Waals surface area (Å²) < 4.78 is 13.5. The van der Waals surface area contributed by atoms with Gasteiger partial charge in [0, 0.05) is 11.6 Å². The van der Waals surface area contributed by atoms with Crippen LogP contribution in [0.3, 0.4) is 0 Å². The van der Waals surface area contributed by atoms with E-state index in [4.69, 9.17) is 5.73 Å². The molecule has 0 aliphatic carbocycles. The number of rotatable bonds is 2. The average molecular weight is 262 g/mol. The summed E-state index contributed by atoms with van der Waals surface area (Å²) in [6.07, 6.45) is 0. The molecule has 1 unspecified atom stereocenters. The van der Waals surface area contributed by atoms with Gasteiger partial charge in [-0.15, -0.1) is 0 Å². The van der Waals surface area contributed by atoms with Gasteiger partial charge < -0.3 is 10.8 Å². The van der Waals surface area contributed by atoms with Gasteiger partial charge in [0.25, 0.3) is 0 Å². The van der Waals surface area contributed by atoms with Gasteiger partial charge in [-0.1, -0.05) is 19.9 Å². The molecule has 0 amide bonds. The van der Waals surface area contributed by atoms with Crippen molar-refractivity contribution >= 4 is 15.9 Å². The number of aromatic hydroxyl groups is 1. The Morgan fingerprint density at radius 1 is 1.43 bits per heavy atom. The van der Waals surface area contributed by atoms with Crippen molar-refractivity contribution in [1.82, 2.24) is 0 Å². The average Bonchev–Trinajstić information content (AvgIpc) is 2.13. The van der Waals surface area contributed by atoms with E-state index in [2.05, 4.69) is 15.9 Å². The Morgan fingerprint density at radius 3 is 2.50 bits per heavy atom. The van der Waals surface area contributed by atoms with Gasteiger partial charge in [0.15, 0.2) is 11.6 Å². The lowest BCUT2D eigenvalue weighted by atomic mass is 9.96. The first-order chi connectivity index (χ1) is 6.45. The molecule has 1 atom stereocenters. The molecular formula is C10H13BrFNO. The van der Waals surface area contributed by atoms with Crippen LogP contribution in [0.5, 0.6) is 5.75 Å². The lowest BCUT2D eigenvalue weighted by molar-refractivity contribution is 0.406. The lowest BCUT2D eigenvalue weighted by Gasteiger charge is -2.17. The number of nitrogens with two attached hydrogens (primary N) is 1. The van der Waals surface area contributed by atoms with Gasteiger partial charge in [-0.05, 0) is 27.9 Å². The molecular weight excluding hydrogens is 249 g/mol. The first-order valence-corrected chi connectivity index (χ1v) is 5.17. The largest absolute Gasteiger partial charge is 0.505 e. The third kappa shape index (κ3) is 2.07. The fraction of sp³-hybridized carbons (Fsp3) is 0.400. The molecule has 0 spiro atoms. The Labute approximate surface area is 91.1 Å². The van der Waals surface area contributed by atoms with E-state index in [1.165, 1.54) is 0 Å². The summed E-state index contributed by atoms with van der Waals surface area (Å²) >= 11 is 2.99. The van der Waals surface area contributed by atoms with E-state index >= 15 is 0 Å². The third-order valence-electron chi connectivity index (χ3n) is 2.18. The summed E-state index contributed by atoms with van der Waals surface area (Å²) in [6, 6.07) is 2.83. The number of phenolic OH excluding ortho intramolecular Hbond substituents is 1. The van der Waals surface area contributed by atoms with Crippen LogP contribution in [0, 0.1) is 11.7 Å². The van der Waals surface area contributed by atoms with Crippen molar-refractivity contribution in [3.8, 4) is 5.75 Å². The lowest BCUT2D eigenvalue weighted by Crippen LogP contribution is -2.17. The van der Waals surface area contributed by atoms with Crippen LogP contribution < -0.4 is 5.73 Å². The molecule has 0 aliphatic heterocycles. The minimum Gasteiger partial charge on any atom is -0.505 e. The van der Waals surface area contributed by atoms with E-state index in [1.807, 2.05) is 13.8 Å². The van der Waals surface area contributed by atoms with E-state index in [1.54, 1.807) is 12.1 Å². The summed E-state index contributed by atoms with van der Waals surface area (Å²) in [5, 5.41) is 9.51. The smallest absolute Gasteiger partial charge is 0.179 e. The monoisotopic (exact) mass is 261 g/mol. The van der Waals surface area contributed by atoms with Gasteiger partial charge in [-0.2, -0.15) is 0 Å². The number of hydrogen-bond acceptors (Lipinski definition) is 2. The molecule has 1 rings (SSSR count). The predicted molar refractivity (Wildman–Crippen MR) is 57.5 cm³/mol. The van der Waals surface area contributed by atoms with Gasteiger partial charge in [0.1, 0.15) is 0 Å². The van der Waals surface area contributed by atoms with Crippen molar-refractivity contribution in [2.24, 2.45) is 11.7 Å². The second-order valence-electron chi connectivity index (χ2n) is 3.57. The second kappa shape index (κ2) is 4.28. The molecule has 3 N–H and O–H groups in total. The summed E-state index contributed by atoms with van der Waals surface area (Å²) in [5.41, 5.74) is 6.26. The van der Waals surface area contributed by atoms with Crippen LogP contribution in [0.25, 0.3) is 0 Å². The van der Waals surface area contributed by atoms with Crippen molar-refractivity contribution in [2.75, 3.05) is 0 Å². The zero-order chi connectivity index (χ0) is 10.9. The van der Waals surface area contributed by atoms with Crippen LogP contribution in [-0.4, -0.2) is 5.11 Å². The first kappa shape index (κ1) is 11.5. The van der Waals surface area contributed by atoms with Crippen LogP contribution in [0.2, 0.25) is 0 Å². The maximum Gasteiger partial charge on any atom is 0.179 e. The van der Waals surface area contributed by atoms with Gasteiger partial charge >= 0.3 is 0 Å². The summed E-state index contributed by atoms with van der Waals surface area (Å²) in [5.74, 6) is -0.861. The second-order valence-corrected chi connectivity index (χ2v) is 4.42. The molecule has 4 heteroatoms. The van der Waals surface area contributed by atoms with Crippen LogP contribution in [-0.2, 0) is 0 Å². The number of benzene rings is 1. The SMILES string of the molecule is CC(C)C(N)c1ccc(Br)c(F)c1O. The summed E-state index contributed by atoms with van der Waals surface area (Å²) in [7, 11) is 0. The van der Waals surface area contributed by atoms with Crippen molar-refractivity contribution < 1.29 is 9.50 Å². The van der Waals surface area contributed by atoms with E-state index in [-0.39, 0.29) is 22.2 Å². The third-order valence-corrected chi connectivity index (χ3v) is 2.79. The van der Waals surface area contributed by atoms with Crippen molar-refractivity contribution in [2.45, 2.75) is 19.9 Å². The normalized spacial score (nSPS) is 13.3. The highest BCUT2D eigenvalue weighted by atomic mass is 79.9. The molecule has 0 heterocycles. The van der Waals surface area contributed by atoms with Crippen molar-refractivity contribution in [3.05, 3.63) is 28.0 Å². The summed E-state index contributed by atoms with van der Waals surface area (Å²) in [4.78, 5) is 0. The van der Waals surface area contributed by atoms with Crippen LogP contribution >= 0.6 is 15.9 Å². The Balaban J connectivity index is 3.17. The molecule has 0 saturated carbocycles. The Kier molecular flexibility index (Phi) is 3.50. The first-order valence-electron chi connectivity index (χ1n) is 4.37. The highest BCUT2D eigenvalue weighted by Crippen LogP contribution is 2.33. The van der Waals surface area contributed by atoms with Gasteiger partial charge in [-0.3, -0.25) is 0 Å². The van der Waals surface area contributed by atoms with Crippen LogP contribution in [0.1, 0.15) is 25.5 Å². The van der Waals surface area contributed by atoms with Gasteiger partial charge in [-0.25, -0.2) is 4.39 Å². The molecule has 2 nitrogen and oxygen atoms in total. The molecule has 78 valence electrons. The Morgan fingerprint density at radius 2 is 2.00 bits per heavy atom. The van der Waals surface area contributed by atoms with E-state index in [0.29, 0.717) is 5.56 Å². The van der Waals surface area contributed by atoms with Crippen molar-refractivity contribution in [1.29, 1.82) is 0 Å². The van der Waals surface area contributed by atoms with Crippen molar-refractivity contribution in [3.63, 3.8) is 0 Å². The van der Waals surface area contributed by atoms with Gasteiger partial charge in [0.2, 0.25) is 0 Å². The molecule has 14 heavy (non-hydrogen) atoms. The predicted octanol–water partition coefficient (Wildman–Crippen LogP) is 2.95. The molecule has 0 aromatic heterocycles. The number of hydrogen-bond donors (Lipinski definition) is 2. The van der Waals surface area contributed by atoms with E-state index in [0.717, 1.165) is 0 Å². The van der Waals surface area contributed by atoms with E-state index < -0.39 is 5.82 Å². The Bertz CT molecular complexity index is 341. The highest BCUT2D eigenvalue weighted by Gasteiger charge is 2.18. The zero-order valence-corrected chi connectivity index (χ0v) is 9.68. The fourth-order valence-electron chi connectivity index (χ4n) is 1.18. The van der Waals surface area contributed by atoms with Crippen LogP contribution in [0.4, 0.5) is 4.39 Å². The molecule has 1 aromatic carbocycles. The number of halogens is 2. The zero-order valence-electron chi connectivity index (χ0n) is 8.09. The number of phenols is 1. The molecule has 0 saturated heterocycles. The molecule has 0 radical (unpaired) electrons. The maximum absolute atomic E-state index is 13.3. The standard InChI is InChI=1S/C10H13BrFNO/c1-5(2)9(13)6-3-4-7(11)8(12)10(6)14/h3-5,9,14H,13H2,1-2H3. The summed E-state index contributed by atoms with van der Waals surface area (Å²) in [6.45, 7) is 3.84. The minimum absolute atomic E-state index is 0.154. The molecule has 1 aromatic rings. The minimum atomic E-state index is -0.654. The fourth-order valence-corrected chi connectivity index (χ4v) is 1.50. The topological polar surface area (TPSA) is 46.2 Å². The molecule has 0 bridgehead atoms. The van der Waals surface area contributed by atoms with Gasteiger partial charge in [0.05, 0.1) is 4.47 Å². The molecule has 0 fully saturated rings.